The minimum absolute atomic E-state index is 0.205. The van der Waals surface area contributed by atoms with Crippen molar-refractivity contribution in [3.8, 4) is 0 Å². The van der Waals surface area contributed by atoms with Crippen LogP contribution in [-0.2, 0) is 19.0 Å². The number of rotatable bonds is 8. The smallest absolute Gasteiger partial charge is 0.310 e. The molecule has 1 unspecified atom stereocenters. The van der Waals surface area contributed by atoms with Crippen molar-refractivity contribution >= 4 is 5.97 Å². The van der Waals surface area contributed by atoms with E-state index in [0.717, 1.165) is 0 Å². The Hall–Kier alpha value is -0.610. The first-order valence-corrected chi connectivity index (χ1v) is 5.43. The van der Waals surface area contributed by atoms with Gasteiger partial charge < -0.3 is 14.2 Å². The summed E-state index contributed by atoms with van der Waals surface area (Å²) < 4.78 is 15.4. The topological polar surface area (TPSA) is 44.8 Å². The molecule has 15 heavy (non-hydrogen) atoms. The summed E-state index contributed by atoms with van der Waals surface area (Å²) in [6.07, 6.45) is 0.219. The van der Waals surface area contributed by atoms with Crippen LogP contribution < -0.4 is 0 Å². The van der Waals surface area contributed by atoms with Crippen molar-refractivity contribution < 1.29 is 19.0 Å². The quantitative estimate of drug-likeness (QED) is 0.459. The predicted octanol–water partition coefficient (Wildman–Crippen LogP) is 1.63. The molecule has 0 aliphatic heterocycles. The van der Waals surface area contributed by atoms with Crippen LogP contribution in [0, 0.1) is 5.92 Å². The first-order valence-electron chi connectivity index (χ1n) is 5.43. The van der Waals surface area contributed by atoms with Crippen LogP contribution in [0.25, 0.3) is 0 Å². The van der Waals surface area contributed by atoms with E-state index in [1.165, 1.54) is 0 Å². The first-order chi connectivity index (χ1) is 7.07. The largest absolute Gasteiger partial charge is 0.466 e. The van der Waals surface area contributed by atoms with Gasteiger partial charge in [-0.1, -0.05) is 0 Å². The molecule has 4 nitrogen and oxygen atoms in total. The number of hydrogen-bond acceptors (Lipinski definition) is 4. The highest BCUT2D eigenvalue weighted by molar-refractivity contribution is 5.72. The van der Waals surface area contributed by atoms with E-state index >= 15 is 0 Å². The van der Waals surface area contributed by atoms with E-state index in [4.69, 9.17) is 14.2 Å². The Balaban J connectivity index is 3.38. The Morgan fingerprint density at radius 1 is 1.20 bits per heavy atom. The Labute approximate surface area is 91.9 Å². The van der Waals surface area contributed by atoms with Crippen LogP contribution in [0.5, 0.6) is 0 Å². The van der Waals surface area contributed by atoms with E-state index in [9.17, 15) is 4.79 Å². The third-order valence-corrected chi connectivity index (χ3v) is 1.74. The van der Waals surface area contributed by atoms with Gasteiger partial charge in [0.1, 0.15) is 0 Å². The molecule has 0 rings (SSSR count). The first kappa shape index (κ1) is 14.4. The normalized spacial score (nSPS) is 12.9. The fraction of sp³-hybridized carbons (Fsp3) is 0.909. The lowest BCUT2D eigenvalue weighted by Crippen LogP contribution is -2.21. The van der Waals surface area contributed by atoms with Gasteiger partial charge in [-0.15, -0.1) is 0 Å². The lowest BCUT2D eigenvalue weighted by molar-refractivity contribution is -0.149. The zero-order chi connectivity index (χ0) is 11.7. The molecule has 1 atom stereocenters. The monoisotopic (exact) mass is 218 g/mol. The Morgan fingerprint density at radius 2 is 1.87 bits per heavy atom. The number of hydrogen-bond donors (Lipinski definition) is 0. The van der Waals surface area contributed by atoms with Gasteiger partial charge in [0.15, 0.2) is 0 Å². The van der Waals surface area contributed by atoms with Crippen molar-refractivity contribution in [2.24, 2.45) is 5.92 Å². The molecular formula is C11H22O4. The third-order valence-electron chi connectivity index (χ3n) is 1.74. The SMILES string of the molecule is CCOC(=O)C(C)COCCOC(C)C. The molecule has 0 N–H and O–H groups in total. The van der Waals surface area contributed by atoms with Crippen LogP contribution in [0.3, 0.4) is 0 Å². The average molecular weight is 218 g/mol. The van der Waals surface area contributed by atoms with Gasteiger partial charge in [-0.2, -0.15) is 0 Å². The highest BCUT2D eigenvalue weighted by Gasteiger charge is 2.13. The molecule has 0 aliphatic carbocycles. The van der Waals surface area contributed by atoms with Gasteiger partial charge in [-0.05, 0) is 27.7 Å². The van der Waals surface area contributed by atoms with Crippen LogP contribution in [0.4, 0.5) is 0 Å². The number of carbonyl (C=O) groups is 1. The number of ether oxygens (including phenoxy) is 3. The second kappa shape index (κ2) is 8.68. The molecule has 4 heteroatoms. The zero-order valence-corrected chi connectivity index (χ0v) is 10.1. The van der Waals surface area contributed by atoms with Gasteiger partial charge in [-0.25, -0.2) is 0 Å². The summed E-state index contributed by atoms with van der Waals surface area (Å²) in [6.45, 7) is 9.42. The molecular weight excluding hydrogens is 196 g/mol. The van der Waals surface area contributed by atoms with E-state index in [2.05, 4.69) is 0 Å². The van der Waals surface area contributed by atoms with Crippen molar-refractivity contribution in [1.29, 1.82) is 0 Å². The molecule has 0 saturated heterocycles. The maximum absolute atomic E-state index is 11.2. The third kappa shape index (κ3) is 8.39. The summed E-state index contributed by atoms with van der Waals surface area (Å²) in [7, 11) is 0. The number of esters is 1. The second-order valence-corrected chi connectivity index (χ2v) is 3.65. The summed E-state index contributed by atoms with van der Waals surface area (Å²) in [5, 5.41) is 0. The minimum atomic E-state index is -0.206. The zero-order valence-electron chi connectivity index (χ0n) is 10.1. The molecule has 90 valence electrons. The van der Waals surface area contributed by atoms with Crippen molar-refractivity contribution in [3.05, 3.63) is 0 Å². The Bertz CT molecular complexity index is 168. The molecule has 0 amide bonds. The van der Waals surface area contributed by atoms with Crippen LogP contribution in [0.2, 0.25) is 0 Å². The molecule has 0 radical (unpaired) electrons. The molecule has 0 fully saturated rings. The maximum Gasteiger partial charge on any atom is 0.310 e. The average Bonchev–Trinajstić information content (AvgIpc) is 2.16. The molecule has 0 aliphatic rings. The van der Waals surface area contributed by atoms with Crippen LogP contribution in [-0.4, -0.2) is 38.5 Å². The van der Waals surface area contributed by atoms with Gasteiger partial charge in [0, 0.05) is 0 Å². The molecule has 0 aromatic heterocycles. The standard InChI is InChI=1S/C11H22O4/c1-5-14-11(12)10(4)8-13-6-7-15-9(2)3/h9-10H,5-8H2,1-4H3. The van der Waals surface area contributed by atoms with Crippen molar-refractivity contribution in [1.82, 2.24) is 0 Å². The van der Waals surface area contributed by atoms with E-state index in [1.807, 2.05) is 13.8 Å². The fourth-order valence-corrected chi connectivity index (χ4v) is 0.955. The van der Waals surface area contributed by atoms with Crippen molar-refractivity contribution in [2.45, 2.75) is 33.8 Å². The van der Waals surface area contributed by atoms with E-state index in [1.54, 1.807) is 13.8 Å². The summed E-state index contributed by atoms with van der Waals surface area (Å²) in [4.78, 5) is 11.2. The van der Waals surface area contributed by atoms with Gasteiger partial charge >= 0.3 is 5.97 Å². The van der Waals surface area contributed by atoms with E-state index in [-0.39, 0.29) is 18.0 Å². The van der Waals surface area contributed by atoms with Crippen molar-refractivity contribution in [2.75, 3.05) is 26.4 Å². The molecule has 0 bridgehead atoms. The van der Waals surface area contributed by atoms with E-state index < -0.39 is 0 Å². The van der Waals surface area contributed by atoms with E-state index in [0.29, 0.717) is 26.4 Å². The highest BCUT2D eigenvalue weighted by Crippen LogP contribution is 1.99. The van der Waals surface area contributed by atoms with Crippen LogP contribution >= 0.6 is 0 Å². The Kier molecular flexibility index (Phi) is 8.33. The molecule has 0 heterocycles. The molecule has 0 aromatic rings. The Morgan fingerprint density at radius 3 is 2.40 bits per heavy atom. The molecule has 0 aromatic carbocycles. The fourth-order valence-electron chi connectivity index (χ4n) is 0.955. The summed E-state index contributed by atoms with van der Waals surface area (Å²) in [6, 6.07) is 0. The minimum Gasteiger partial charge on any atom is -0.466 e. The lowest BCUT2D eigenvalue weighted by atomic mass is 10.2. The molecule has 0 spiro atoms. The van der Waals surface area contributed by atoms with Crippen LogP contribution in [0.1, 0.15) is 27.7 Å². The number of carbonyl (C=O) groups excluding carboxylic acids is 1. The van der Waals surface area contributed by atoms with Gasteiger partial charge in [0.25, 0.3) is 0 Å². The lowest BCUT2D eigenvalue weighted by Gasteiger charge is -2.11. The van der Waals surface area contributed by atoms with Gasteiger partial charge in [0.05, 0.1) is 38.4 Å². The van der Waals surface area contributed by atoms with Gasteiger partial charge in [0.2, 0.25) is 0 Å². The summed E-state index contributed by atoms with van der Waals surface area (Å²) in [5.74, 6) is -0.411. The predicted molar refractivity (Wildman–Crippen MR) is 57.7 cm³/mol. The highest BCUT2D eigenvalue weighted by atomic mass is 16.5. The summed E-state index contributed by atoms with van der Waals surface area (Å²) >= 11 is 0. The second-order valence-electron chi connectivity index (χ2n) is 3.65. The van der Waals surface area contributed by atoms with Crippen LogP contribution in [0.15, 0.2) is 0 Å². The maximum atomic E-state index is 11.2. The molecule has 0 saturated carbocycles. The summed E-state index contributed by atoms with van der Waals surface area (Å²) in [5.41, 5.74) is 0. The van der Waals surface area contributed by atoms with Gasteiger partial charge in [-0.3, -0.25) is 4.79 Å². The van der Waals surface area contributed by atoms with Crippen molar-refractivity contribution in [3.63, 3.8) is 0 Å².